The van der Waals surface area contributed by atoms with Crippen LogP contribution in [0.25, 0.3) is 0 Å². The van der Waals surface area contributed by atoms with Crippen molar-refractivity contribution in [1.82, 2.24) is 0 Å². The van der Waals surface area contributed by atoms with Gasteiger partial charge in [-0.2, -0.15) is 0 Å². The molecule has 0 aliphatic heterocycles. The summed E-state index contributed by atoms with van der Waals surface area (Å²) in [4.78, 5) is 12.0. The Labute approximate surface area is 112 Å². The fourth-order valence-electron chi connectivity index (χ4n) is 2.27. The largest absolute Gasteiger partial charge is 0.459 e. The molecule has 0 atom stereocenters. The average Bonchev–Trinajstić information content (AvgIpc) is 2.35. The van der Waals surface area contributed by atoms with Crippen LogP contribution in [-0.4, -0.2) is 12.1 Å². The molecule has 2 rings (SSSR count). The minimum absolute atomic E-state index is 0.0204. The van der Waals surface area contributed by atoms with Crippen LogP contribution in [0.15, 0.2) is 18.2 Å². The normalized spacial score (nSPS) is 23.7. The molecule has 1 aliphatic carbocycles. The first-order chi connectivity index (χ1) is 8.56. The van der Waals surface area contributed by atoms with E-state index in [2.05, 4.69) is 6.92 Å². The average molecular weight is 268 g/mol. The van der Waals surface area contributed by atoms with Gasteiger partial charge in [-0.05, 0) is 49.8 Å². The SMILES string of the molecule is CC1CCC(OC(=O)c2cc(Cl)ccc2N)CC1. The van der Waals surface area contributed by atoms with Crippen molar-refractivity contribution in [3.05, 3.63) is 28.8 Å². The number of halogens is 1. The second-order valence-corrected chi connectivity index (χ2v) is 5.46. The lowest BCUT2D eigenvalue weighted by molar-refractivity contribution is 0.0175. The summed E-state index contributed by atoms with van der Waals surface area (Å²) in [5.74, 6) is 0.366. The molecule has 0 amide bonds. The van der Waals surface area contributed by atoms with Gasteiger partial charge in [-0.1, -0.05) is 18.5 Å². The fourth-order valence-corrected chi connectivity index (χ4v) is 2.44. The smallest absolute Gasteiger partial charge is 0.340 e. The fraction of sp³-hybridized carbons (Fsp3) is 0.500. The van der Waals surface area contributed by atoms with Crippen LogP contribution in [-0.2, 0) is 4.74 Å². The highest BCUT2D eigenvalue weighted by molar-refractivity contribution is 6.31. The predicted octanol–water partition coefficient (Wildman–Crippen LogP) is 3.66. The molecular weight excluding hydrogens is 250 g/mol. The van der Waals surface area contributed by atoms with Gasteiger partial charge in [-0.15, -0.1) is 0 Å². The van der Waals surface area contributed by atoms with E-state index in [9.17, 15) is 4.79 Å². The summed E-state index contributed by atoms with van der Waals surface area (Å²) in [6, 6.07) is 4.85. The molecule has 2 N–H and O–H groups in total. The first-order valence-corrected chi connectivity index (χ1v) is 6.70. The molecule has 98 valence electrons. The first-order valence-electron chi connectivity index (χ1n) is 6.32. The molecule has 0 heterocycles. The zero-order chi connectivity index (χ0) is 13.1. The third kappa shape index (κ3) is 3.16. The summed E-state index contributed by atoms with van der Waals surface area (Å²) in [6.07, 6.45) is 4.12. The Morgan fingerprint density at radius 1 is 1.33 bits per heavy atom. The van der Waals surface area contributed by atoms with Crippen LogP contribution in [0, 0.1) is 5.92 Å². The monoisotopic (exact) mass is 267 g/mol. The van der Waals surface area contributed by atoms with Crippen molar-refractivity contribution in [3.8, 4) is 0 Å². The maximum Gasteiger partial charge on any atom is 0.340 e. The number of nitrogens with two attached hydrogens (primary N) is 1. The van der Waals surface area contributed by atoms with Gasteiger partial charge in [0.15, 0.2) is 0 Å². The minimum atomic E-state index is -0.366. The van der Waals surface area contributed by atoms with E-state index in [4.69, 9.17) is 22.1 Å². The van der Waals surface area contributed by atoms with Gasteiger partial charge in [0.25, 0.3) is 0 Å². The number of hydrogen-bond acceptors (Lipinski definition) is 3. The Kier molecular flexibility index (Phi) is 4.12. The lowest BCUT2D eigenvalue weighted by Crippen LogP contribution is -2.24. The van der Waals surface area contributed by atoms with Gasteiger partial charge in [-0.3, -0.25) is 0 Å². The number of benzene rings is 1. The van der Waals surface area contributed by atoms with E-state index in [-0.39, 0.29) is 12.1 Å². The number of nitrogen functional groups attached to an aromatic ring is 1. The molecule has 0 radical (unpaired) electrons. The van der Waals surface area contributed by atoms with Gasteiger partial charge < -0.3 is 10.5 Å². The van der Waals surface area contributed by atoms with Crippen LogP contribution in [0.3, 0.4) is 0 Å². The molecule has 0 unspecified atom stereocenters. The van der Waals surface area contributed by atoms with Crippen molar-refractivity contribution < 1.29 is 9.53 Å². The zero-order valence-corrected chi connectivity index (χ0v) is 11.2. The van der Waals surface area contributed by atoms with Crippen LogP contribution in [0.2, 0.25) is 5.02 Å². The van der Waals surface area contributed by atoms with E-state index in [1.165, 1.54) is 0 Å². The summed E-state index contributed by atoms with van der Waals surface area (Å²) in [6.45, 7) is 2.23. The van der Waals surface area contributed by atoms with Crippen molar-refractivity contribution in [1.29, 1.82) is 0 Å². The Bertz CT molecular complexity index is 439. The van der Waals surface area contributed by atoms with Crippen molar-refractivity contribution in [3.63, 3.8) is 0 Å². The van der Waals surface area contributed by atoms with E-state index < -0.39 is 0 Å². The molecule has 0 aromatic heterocycles. The molecule has 0 saturated heterocycles. The summed E-state index contributed by atoms with van der Waals surface area (Å²) in [7, 11) is 0. The quantitative estimate of drug-likeness (QED) is 0.657. The molecule has 0 bridgehead atoms. The molecule has 1 aromatic rings. The van der Waals surface area contributed by atoms with Crippen LogP contribution >= 0.6 is 11.6 Å². The molecule has 1 aliphatic rings. The van der Waals surface area contributed by atoms with Crippen LogP contribution in [0.1, 0.15) is 43.0 Å². The van der Waals surface area contributed by atoms with Gasteiger partial charge in [0, 0.05) is 10.7 Å². The lowest BCUT2D eigenvalue weighted by Gasteiger charge is -2.26. The number of rotatable bonds is 2. The van der Waals surface area contributed by atoms with Crippen LogP contribution in [0.5, 0.6) is 0 Å². The summed E-state index contributed by atoms with van der Waals surface area (Å²) < 4.78 is 5.48. The van der Waals surface area contributed by atoms with Crippen molar-refractivity contribution in [2.24, 2.45) is 5.92 Å². The molecule has 0 spiro atoms. The zero-order valence-electron chi connectivity index (χ0n) is 10.5. The Hall–Kier alpha value is -1.22. The van der Waals surface area contributed by atoms with Gasteiger partial charge in [-0.25, -0.2) is 4.79 Å². The first kappa shape index (κ1) is 13.2. The van der Waals surface area contributed by atoms with E-state index in [0.717, 1.165) is 31.6 Å². The van der Waals surface area contributed by atoms with Gasteiger partial charge in [0.1, 0.15) is 6.10 Å². The highest BCUT2D eigenvalue weighted by Gasteiger charge is 2.23. The number of ether oxygens (including phenoxy) is 1. The molecule has 1 aromatic carbocycles. The summed E-state index contributed by atoms with van der Waals surface area (Å²) in [5, 5.41) is 0.494. The number of anilines is 1. The number of carbonyl (C=O) groups is 1. The van der Waals surface area contributed by atoms with Gasteiger partial charge >= 0.3 is 5.97 Å². The number of hydrogen-bond donors (Lipinski definition) is 1. The van der Waals surface area contributed by atoms with Crippen molar-refractivity contribution in [2.75, 3.05) is 5.73 Å². The highest BCUT2D eigenvalue weighted by Crippen LogP contribution is 2.27. The maximum absolute atomic E-state index is 12.0. The third-order valence-corrected chi connectivity index (χ3v) is 3.71. The van der Waals surface area contributed by atoms with Crippen LogP contribution in [0.4, 0.5) is 5.69 Å². The van der Waals surface area contributed by atoms with Crippen molar-refractivity contribution in [2.45, 2.75) is 38.7 Å². The summed E-state index contributed by atoms with van der Waals surface area (Å²) in [5.41, 5.74) is 6.53. The van der Waals surface area contributed by atoms with Gasteiger partial charge in [0.2, 0.25) is 0 Å². The molecular formula is C14H18ClNO2. The molecule has 1 fully saturated rings. The highest BCUT2D eigenvalue weighted by atomic mass is 35.5. The van der Waals surface area contributed by atoms with E-state index in [1.54, 1.807) is 18.2 Å². The van der Waals surface area contributed by atoms with Crippen molar-refractivity contribution >= 4 is 23.3 Å². The Balaban J connectivity index is 2.01. The minimum Gasteiger partial charge on any atom is -0.459 e. The predicted molar refractivity (Wildman–Crippen MR) is 72.7 cm³/mol. The molecule has 3 nitrogen and oxygen atoms in total. The number of esters is 1. The second kappa shape index (κ2) is 5.61. The maximum atomic E-state index is 12.0. The van der Waals surface area contributed by atoms with Gasteiger partial charge in [0.05, 0.1) is 5.56 Å². The Morgan fingerprint density at radius 3 is 2.67 bits per heavy atom. The third-order valence-electron chi connectivity index (χ3n) is 3.47. The molecule has 1 saturated carbocycles. The second-order valence-electron chi connectivity index (χ2n) is 5.02. The van der Waals surface area contributed by atoms with E-state index >= 15 is 0 Å². The lowest BCUT2D eigenvalue weighted by atomic mass is 9.89. The Morgan fingerprint density at radius 2 is 2.00 bits per heavy atom. The van der Waals surface area contributed by atoms with E-state index in [1.807, 2.05) is 0 Å². The number of carbonyl (C=O) groups excluding carboxylic acids is 1. The topological polar surface area (TPSA) is 52.3 Å². The summed E-state index contributed by atoms with van der Waals surface area (Å²) >= 11 is 5.86. The molecule has 18 heavy (non-hydrogen) atoms. The standard InChI is InChI=1S/C14H18ClNO2/c1-9-2-5-11(6-3-9)18-14(17)12-8-10(15)4-7-13(12)16/h4,7-9,11H,2-3,5-6,16H2,1H3. The van der Waals surface area contributed by atoms with Crippen LogP contribution < -0.4 is 5.73 Å². The van der Waals surface area contributed by atoms with E-state index in [0.29, 0.717) is 16.3 Å². The molecule has 4 heteroatoms.